The number of carbonyl (C=O) groups excluding carboxylic acids is 1. The van der Waals surface area contributed by atoms with Crippen molar-refractivity contribution in [3.05, 3.63) is 82.8 Å². The molecule has 6 nitrogen and oxygen atoms in total. The highest BCUT2D eigenvalue weighted by Gasteiger charge is 2.16. The molecule has 3 aromatic rings. The maximum atomic E-state index is 12.9. The number of hydrogen-bond acceptors (Lipinski definition) is 4. The van der Waals surface area contributed by atoms with Crippen LogP contribution in [-0.4, -0.2) is 34.2 Å². The van der Waals surface area contributed by atoms with E-state index in [1.807, 2.05) is 49.4 Å². The number of nitrogens with zero attached hydrogens (tertiary/aromatic N) is 3. The fourth-order valence-corrected chi connectivity index (χ4v) is 3.10. The summed E-state index contributed by atoms with van der Waals surface area (Å²) in [7, 11) is 1.61. The second-order valence-corrected chi connectivity index (χ2v) is 6.50. The van der Waals surface area contributed by atoms with Crippen molar-refractivity contribution in [2.75, 3.05) is 13.7 Å². The van der Waals surface area contributed by atoms with Crippen molar-refractivity contribution in [3.63, 3.8) is 0 Å². The van der Waals surface area contributed by atoms with Gasteiger partial charge in [0.15, 0.2) is 0 Å². The minimum absolute atomic E-state index is 0.117. The molecule has 0 saturated carbocycles. The maximum Gasteiger partial charge on any atom is 0.275 e. The Hall–Kier alpha value is -3.41. The Labute approximate surface area is 163 Å². The van der Waals surface area contributed by atoms with Crippen molar-refractivity contribution in [1.82, 2.24) is 14.7 Å². The number of carbonyl (C=O) groups is 1. The number of benzene rings is 2. The molecular formula is C22H23N3O3. The van der Waals surface area contributed by atoms with Gasteiger partial charge in [-0.05, 0) is 30.7 Å². The second kappa shape index (κ2) is 8.52. The van der Waals surface area contributed by atoms with Crippen molar-refractivity contribution in [1.29, 1.82) is 0 Å². The van der Waals surface area contributed by atoms with Gasteiger partial charge in [0.1, 0.15) is 12.3 Å². The molecular weight excluding hydrogens is 354 g/mol. The summed E-state index contributed by atoms with van der Waals surface area (Å²) in [5, 5.41) is 5.69. The topological polar surface area (TPSA) is 64.4 Å². The molecule has 0 spiro atoms. The van der Waals surface area contributed by atoms with Gasteiger partial charge in [0.05, 0.1) is 18.2 Å². The Bertz CT molecular complexity index is 1050. The molecule has 0 aliphatic carbocycles. The van der Waals surface area contributed by atoms with E-state index in [0.29, 0.717) is 24.2 Å². The van der Waals surface area contributed by atoms with E-state index in [-0.39, 0.29) is 18.0 Å². The van der Waals surface area contributed by atoms with Gasteiger partial charge in [-0.15, -0.1) is 6.58 Å². The first-order valence-corrected chi connectivity index (χ1v) is 9.01. The van der Waals surface area contributed by atoms with Crippen molar-refractivity contribution in [3.8, 4) is 5.75 Å². The van der Waals surface area contributed by atoms with E-state index in [0.717, 1.165) is 16.7 Å². The van der Waals surface area contributed by atoms with Crippen LogP contribution in [0, 0.1) is 6.92 Å². The molecule has 2 aromatic carbocycles. The normalized spacial score (nSPS) is 10.6. The molecule has 0 aliphatic heterocycles. The van der Waals surface area contributed by atoms with Gasteiger partial charge in [-0.25, -0.2) is 4.68 Å². The van der Waals surface area contributed by atoms with Crippen LogP contribution in [0.5, 0.6) is 5.75 Å². The van der Waals surface area contributed by atoms with Gasteiger partial charge < -0.3 is 9.64 Å². The smallest absolute Gasteiger partial charge is 0.275 e. The molecule has 6 heteroatoms. The summed E-state index contributed by atoms with van der Waals surface area (Å²) in [6.45, 7) is 6.25. The zero-order chi connectivity index (χ0) is 20.1. The number of aryl methyl sites for hydroxylation is 1. The summed E-state index contributed by atoms with van der Waals surface area (Å²) < 4.78 is 6.40. The van der Waals surface area contributed by atoms with Crippen molar-refractivity contribution in [2.24, 2.45) is 0 Å². The maximum absolute atomic E-state index is 12.9. The van der Waals surface area contributed by atoms with Crippen LogP contribution in [0.4, 0.5) is 0 Å². The molecule has 0 unspecified atom stereocenters. The summed E-state index contributed by atoms with van der Waals surface area (Å²) >= 11 is 0. The van der Waals surface area contributed by atoms with Crippen LogP contribution >= 0.6 is 0 Å². The number of methoxy groups -OCH3 is 1. The Kier molecular flexibility index (Phi) is 5.89. The van der Waals surface area contributed by atoms with Crippen LogP contribution in [-0.2, 0) is 17.9 Å². The van der Waals surface area contributed by atoms with Gasteiger partial charge in [0.2, 0.25) is 5.91 Å². The number of rotatable bonds is 7. The van der Waals surface area contributed by atoms with Gasteiger partial charge in [-0.3, -0.25) is 9.59 Å². The van der Waals surface area contributed by atoms with Crippen molar-refractivity contribution >= 4 is 16.7 Å². The average molecular weight is 377 g/mol. The van der Waals surface area contributed by atoms with Gasteiger partial charge in [0, 0.05) is 18.5 Å². The molecule has 144 valence electrons. The van der Waals surface area contributed by atoms with E-state index in [2.05, 4.69) is 11.7 Å². The lowest BCUT2D eigenvalue weighted by Crippen LogP contribution is -2.37. The Morgan fingerprint density at radius 3 is 2.50 bits per heavy atom. The molecule has 1 amide bonds. The van der Waals surface area contributed by atoms with Crippen LogP contribution in [0.1, 0.15) is 11.3 Å². The lowest BCUT2D eigenvalue weighted by atomic mass is 10.1. The number of fused-ring (bicyclic) bond motifs is 1. The lowest BCUT2D eigenvalue weighted by molar-refractivity contribution is -0.132. The minimum Gasteiger partial charge on any atom is -0.497 e. The van der Waals surface area contributed by atoms with Gasteiger partial charge >= 0.3 is 0 Å². The monoisotopic (exact) mass is 377 g/mol. The second-order valence-electron chi connectivity index (χ2n) is 6.50. The third kappa shape index (κ3) is 4.11. The molecule has 0 fully saturated rings. The fraction of sp³-hybridized carbons (Fsp3) is 0.227. The summed E-state index contributed by atoms with van der Waals surface area (Å²) in [6, 6.07) is 14.8. The zero-order valence-electron chi connectivity index (χ0n) is 16.1. The van der Waals surface area contributed by atoms with Crippen LogP contribution in [0.25, 0.3) is 10.8 Å². The van der Waals surface area contributed by atoms with Gasteiger partial charge in [-0.2, -0.15) is 5.10 Å². The minimum atomic E-state index is -0.266. The first-order valence-electron chi connectivity index (χ1n) is 9.01. The van der Waals surface area contributed by atoms with E-state index in [9.17, 15) is 9.59 Å². The molecule has 0 N–H and O–H groups in total. The summed E-state index contributed by atoms with van der Waals surface area (Å²) in [6.07, 6.45) is 1.67. The third-order valence-electron chi connectivity index (χ3n) is 4.57. The molecule has 0 atom stereocenters. The Morgan fingerprint density at radius 1 is 1.18 bits per heavy atom. The molecule has 28 heavy (non-hydrogen) atoms. The van der Waals surface area contributed by atoms with E-state index in [1.54, 1.807) is 24.2 Å². The Morgan fingerprint density at radius 2 is 1.86 bits per heavy atom. The standard InChI is InChI=1S/C22H23N3O3/c1-4-13-24(14-17-9-11-18(28-3)12-10-17)21(26)15-25-22(27)20-8-6-5-7-19(20)16(2)23-25/h4-12H,1,13-15H2,2-3H3. The van der Waals surface area contributed by atoms with E-state index >= 15 is 0 Å². The molecule has 0 bridgehead atoms. The van der Waals surface area contributed by atoms with Crippen LogP contribution < -0.4 is 10.3 Å². The molecule has 0 radical (unpaired) electrons. The highest BCUT2D eigenvalue weighted by molar-refractivity contribution is 5.83. The SMILES string of the molecule is C=CCN(Cc1ccc(OC)cc1)C(=O)Cn1nc(C)c2ccccc2c1=O. The van der Waals surface area contributed by atoms with Crippen LogP contribution in [0.15, 0.2) is 66.0 Å². The summed E-state index contributed by atoms with van der Waals surface area (Å²) in [5.41, 5.74) is 1.41. The van der Waals surface area contributed by atoms with Gasteiger partial charge in [-0.1, -0.05) is 36.4 Å². The third-order valence-corrected chi connectivity index (χ3v) is 4.57. The predicted molar refractivity (Wildman–Crippen MR) is 109 cm³/mol. The van der Waals surface area contributed by atoms with E-state index in [1.165, 1.54) is 4.68 Å². The molecule has 1 heterocycles. The Balaban J connectivity index is 1.84. The zero-order valence-corrected chi connectivity index (χ0v) is 16.1. The van der Waals surface area contributed by atoms with Crippen LogP contribution in [0.3, 0.4) is 0 Å². The number of ether oxygens (including phenoxy) is 1. The highest BCUT2D eigenvalue weighted by atomic mass is 16.5. The van der Waals surface area contributed by atoms with E-state index < -0.39 is 0 Å². The quantitative estimate of drug-likeness (QED) is 0.594. The lowest BCUT2D eigenvalue weighted by Gasteiger charge is -2.22. The molecule has 0 aliphatic rings. The number of amides is 1. The first kappa shape index (κ1) is 19.4. The largest absolute Gasteiger partial charge is 0.497 e. The average Bonchev–Trinajstić information content (AvgIpc) is 2.72. The highest BCUT2D eigenvalue weighted by Crippen LogP contribution is 2.14. The van der Waals surface area contributed by atoms with Crippen LogP contribution in [0.2, 0.25) is 0 Å². The number of aromatic nitrogens is 2. The fourth-order valence-electron chi connectivity index (χ4n) is 3.10. The van der Waals surface area contributed by atoms with Crippen molar-refractivity contribution in [2.45, 2.75) is 20.0 Å². The van der Waals surface area contributed by atoms with Gasteiger partial charge in [0.25, 0.3) is 5.56 Å². The molecule has 3 rings (SSSR count). The summed E-state index contributed by atoms with van der Waals surface area (Å²) in [4.78, 5) is 27.3. The number of hydrogen-bond donors (Lipinski definition) is 0. The van der Waals surface area contributed by atoms with Crippen molar-refractivity contribution < 1.29 is 9.53 Å². The van der Waals surface area contributed by atoms with E-state index in [4.69, 9.17) is 4.74 Å². The predicted octanol–water partition coefficient (Wildman–Crippen LogP) is 2.93. The first-order chi connectivity index (χ1) is 13.5. The molecule has 0 saturated heterocycles. The molecule has 1 aromatic heterocycles. The summed E-state index contributed by atoms with van der Waals surface area (Å²) in [5.74, 6) is 0.563.